The Kier molecular flexibility index (Phi) is 4.18. The van der Waals surface area contributed by atoms with Crippen molar-refractivity contribution in [2.75, 3.05) is 0 Å². The van der Waals surface area contributed by atoms with Crippen LogP contribution in [-0.4, -0.2) is 11.0 Å². The third-order valence-electron chi connectivity index (χ3n) is 3.28. The number of fused-ring (bicyclic) bond motifs is 1. The molecule has 0 bridgehead atoms. The summed E-state index contributed by atoms with van der Waals surface area (Å²) in [5, 5.41) is 3.42. The number of aromatic nitrogens is 1. The average molecular weight is 298 g/mol. The summed E-state index contributed by atoms with van der Waals surface area (Å²) in [6.45, 7) is 2.55. The van der Waals surface area contributed by atoms with E-state index in [1.54, 1.807) is 17.5 Å². The van der Waals surface area contributed by atoms with Crippen molar-refractivity contribution in [3.05, 3.63) is 59.2 Å². The minimum absolute atomic E-state index is 0.126. The summed E-state index contributed by atoms with van der Waals surface area (Å²) < 4.78 is 7.12. The highest BCUT2D eigenvalue weighted by atomic mass is 32.1. The number of benzene rings is 1. The summed E-state index contributed by atoms with van der Waals surface area (Å²) in [6.07, 6.45) is 2.56. The fourth-order valence-corrected chi connectivity index (χ4v) is 3.20. The molecule has 0 aliphatic heterocycles. The molecule has 3 aromatic rings. The molecule has 0 saturated heterocycles. The second-order valence-corrected chi connectivity index (χ2v) is 6.12. The van der Waals surface area contributed by atoms with Crippen LogP contribution in [0.3, 0.4) is 0 Å². The van der Waals surface area contributed by atoms with Gasteiger partial charge in [0.25, 0.3) is 0 Å². The summed E-state index contributed by atoms with van der Waals surface area (Å²) in [5.41, 5.74) is 7.98. The number of pyridine rings is 1. The van der Waals surface area contributed by atoms with E-state index < -0.39 is 0 Å². The zero-order chi connectivity index (χ0) is 14.7. The Bertz CT molecular complexity index is 719. The molecule has 0 amide bonds. The largest absolute Gasteiger partial charge is 0.487 e. The van der Waals surface area contributed by atoms with Crippen molar-refractivity contribution in [3.8, 4) is 5.75 Å². The van der Waals surface area contributed by atoms with Gasteiger partial charge in [0, 0.05) is 28.4 Å². The van der Waals surface area contributed by atoms with Gasteiger partial charge in [0.15, 0.2) is 0 Å². The summed E-state index contributed by atoms with van der Waals surface area (Å²) in [6, 6.07) is 12.4. The van der Waals surface area contributed by atoms with Crippen molar-refractivity contribution in [1.82, 2.24) is 4.98 Å². The second kappa shape index (κ2) is 6.24. The summed E-state index contributed by atoms with van der Waals surface area (Å²) >= 11 is 1.75. The Labute approximate surface area is 128 Å². The lowest BCUT2D eigenvalue weighted by Gasteiger charge is -2.07. The zero-order valence-corrected chi connectivity index (χ0v) is 12.8. The van der Waals surface area contributed by atoms with Gasteiger partial charge in [-0.05, 0) is 35.9 Å². The minimum Gasteiger partial charge on any atom is -0.487 e. The average Bonchev–Trinajstić information content (AvgIpc) is 2.89. The standard InChI is InChI=1S/C17H18N2OS/c1-12(18)8-14-6-7-15(9-19-14)20-10-13-11-21-17-5-3-2-4-16(13)17/h2-7,9,11-12H,8,10,18H2,1H3. The topological polar surface area (TPSA) is 48.1 Å². The van der Waals surface area contributed by atoms with Crippen LogP contribution in [0.1, 0.15) is 18.2 Å². The first-order valence-electron chi connectivity index (χ1n) is 7.01. The Morgan fingerprint density at radius 3 is 2.86 bits per heavy atom. The van der Waals surface area contributed by atoms with Crippen LogP contribution in [0.15, 0.2) is 48.0 Å². The smallest absolute Gasteiger partial charge is 0.138 e. The van der Waals surface area contributed by atoms with E-state index in [9.17, 15) is 0 Å². The van der Waals surface area contributed by atoms with Gasteiger partial charge in [0.2, 0.25) is 0 Å². The highest BCUT2D eigenvalue weighted by Gasteiger charge is 2.05. The molecule has 0 radical (unpaired) electrons. The van der Waals surface area contributed by atoms with Crippen LogP contribution in [0.2, 0.25) is 0 Å². The second-order valence-electron chi connectivity index (χ2n) is 5.21. The van der Waals surface area contributed by atoms with Gasteiger partial charge < -0.3 is 10.5 Å². The van der Waals surface area contributed by atoms with E-state index in [-0.39, 0.29) is 6.04 Å². The molecule has 108 valence electrons. The van der Waals surface area contributed by atoms with Gasteiger partial charge in [-0.15, -0.1) is 11.3 Å². The van der Waals surface area contributed by atoms with Crippen LogP contribution in [0, 0.1) is 0 Å². The third-order valence-corrected chi connectivity index (χ3v) is 4.30. The fourth-order valence-electron chi connectivity index (χ4n) is 2.25. The van der Waals surface area contributed by atoms with Crippen molar-refractivity contribution in [2.45, 2.75) is 26.0 Å². The Morgan fingerprint density at radius 1 is 1.24 bits per heavy atom. The highest BCUT2D eigenvalue weighted by Crippen LogP contribution is 2.26. The molecule has 1 atom stereocenters. The number of hydrogen-bond donors (Lipinski definition) is 1. The van der Waals surface area contributed by atoms with Gasteiger partial charge in [0.1, 0.15) is 12.4 Å². The van der Waals surface area contributed by atoms with Gasteiger partial charge in [-0.3, -0.25) is 4.98 Å². The van der Waals surface area contributed by atoms with Gasteiger partial charge in [-0.25, -0.2) is 0 Å². The van der Waals surface area contributed by atoms with Crippen molar-refractivity contribution >= 4 is 21.4 Å². The normalized spacial score (nSPS) is 12.5. The molecule has 2 heterocycles. The maximum atomic E-state index is 5.83. The molecule has 2 aromatic heterocycles. The predicted octanol–water partition coefficient (Wildman–Crippen LogP) is 3.77. The van der Waals surface area contributed by atoms with Gasteiger partial charge in [-0.1, -0.05) is 18.2 Å². The highest BCUT2D eigenvalue weighted by molar-refractivity contribution is 7.17. The lowest BCUT2D eigenvalue weighted by molar-refractivity contribution is 0.306. The van der Waals surface area contributed by atoms with E-state index in [1.807, 2.05) is 19.1 Å². The first-order chi connectivity index (χ1) is 10.2. The van der Waals surface area contributed by atoms with E-state index >= 15 is 0 Å². The number of nitrogens with two attached hydrogens (primary N) is 1. The van der Waals surface area contributed by atoms with Crippen molar-refractivity contribution in [2.24, 2.45) is 5.73 Å². The molecular formula is C17H18N2OS. The van der Waals surface area contributed by atoms with Gasteiger partial charge in [-0.2, -0.15) is 0 Å². The molecule has 0 aliphatic carbocycles. The molecule has 2 N–H and O–H groups in total. The molecule has 0 spiro atoms. The molecule has 21 heavy (non-hydrogen) atoms. The first-order valence-corrected chi connectivity index (χ1v) is 7.89. The number of ether oxygens (including phenoxy) is 1. The van der Waals surface area contributed by atoms with Crippen LogP contribution in [0.5, 0.6) is 5.75 Å². The number of thiophene rings is 1. The predicted molar refractivity (Wildman–Crippen MR) is 87.7 cm³/mol. The van der Waals surface area contributed by atoms with E-state index in [0.29, 0.717) is 6.61 Å². The third kappa shape index (κ3) is 3.40. The number of hydrogen-bond acceptors (Lipinski definition) is 4. The first kappa shape index (κ1) is 14.0. The van der Waals surface area contributed by atoms with E-state index in [0.717, 1.165) is 17.9 Å². The molecule has 0 saturated carbocycles. The number of nitrogens with zero attached hydrogens (tertiary/aromatic N) is 1. The SMILES string of the molecule is CC(N)Cc1ccc(OCc2csc3ccccc23)cn1. The van der Waals surface area contributed by atoms with Crippen molar-refractivity contribution in [1.29, 1.82) is 0 Å². The monoisotopic (exact) mass is 298 g/mol. The molecule has 0 fully saturated rings. The molecule has 1 aromatic carbocycles. The summed E-state index contributed by atoms with van der Waals surface area (Å²) in [5.74, 6) is 0.790. The van der Waals surface area contributed by atoms with E-state index in [2.05, 4.69) is 34.6 Å². The Morgan fingerprint density at radius 2 is 2.10 bits per heavy atom. The molecule has 0 aliphatic rings. The minimum atomic E-state index is 0.126. The maximum Gasteiger partial charge on any atom is 0.138 e. The fraction of sp³-hybridized carbons (Fsp3) is 0.235. The molecule has 1 unspecified atom stereocenters. The lowest BCUT2D eigenvalue weighted by Crippen LogP contribution is -2.18. The van der Waals surface area contributed by atoms with Crippen LogP contribution < -0.4 is 10.5 Å². The van der Waals surface area contributed by atoms with Crippen LogP contribution in [0.25, 0.3) is 10.1 Å². The molecular weight excluding hydrogens is 280 g/mol. The van der Waals surface area contributed by atoms with Crippen molar-refractivity contribution in [3.63, 3.8) is 0 Å². The van der Waals surface area contributed by atoms with E-state index in [4.69, 9.17) is 10.5 Å². The number of rotatable bonds is 5. The van der Waals surface area contributed by atoms with Crippen molar-refractivity contribution < 1.29 is 4.74 Å². The van der Waals surface area contributed by atoms with Gasteiger partial charge in [0.05, 0.1) is 6.20 Å². The Balaban J connectivity index is 1.67. The van der Waals surface area contributed by atoms with Crippen LogP contribution in [-0.2, 0) is 13.0 Å². The van der Waals surface area contributed by atoms with Crippen LogP contribution in [0.4, 0.5) is 0 Å². The molecule has 3 nitrogen and oxygen atoms in total. The van der Waals surface area contributed by atoms with E-state index in [1.165, 1.54) is 15.6 Å². The zero-order valence-electron chi connectivity index (χ0n) is 12.0. The summed E-state index contributed by atoms with van der Waals surface area (Å²) in [7, 11) is 0. The molecule has 4 heteroatoms. The molecule has 3 rings (SSSR count). The Hall–Kier alpha value is -1.91. The quantitative estimate of drug-likeness (QED) is 0.780. The van der Waals surface area contributed by atoms with Crippen LogP contribution >= 0.6 is 11.3 Å². The lowest BCUT2D eigenvalue weighted by atomic mass is 10.2. The van der Waals surface area contributed by atoms with Gasteiger partial charge >= 0.3 is 0 Å². The summed E-state index contributed by atoms with van der Waals surface area (Å²) in [4.78, 5) is 4.38. The maximum absolute atomic E-state index is 5.83.